The average molecular weight is 754 g/mol. The highest BCUT2D eigenvalue weighted by Crippen LogP contribution is 2.45. The van der Waals surface area contributed by atoms with Gasteiger partial charge in [0.25, 0.3) is 5.91 Å². The van der Waals surface area contributed by atoms with E-state index in [-0.39, 0.29) is 43.7 Å². The lowest BCUT2D eigenvalue weighted by Gasteiger charge is -2.36. The molecule has 13 heteroatoms. The highest BCUT2D eigenvalue weighted by molar-refractivity contribution is 6.38. The molecule has 4 atom stereocenters. The van der Waals surface area contributed by atoms with Crippen molar-refractivity contribution in [2.24, 2.45) is 16.5 Å². The standard InChI is InChI=1S/C40H56ClN5O7/c1-7-11-28(32(48)36(50)42-26-14-15-26)43-35(49)30-21-40(20-29(45-53-40)27-18-25(41)17-24-19-39(5,6)52-33(24)27)22-46(30)37(51)34(38(2,3)4)44-31(47)16-23-12-9-8-10-13-23/h17-18,23,26,28,30,34H,7-16,19-22H2,1-6H3,(H,42,50)(H,43,49)(H,44,47)/t28-,30-,34+,40+/m0/s1. The Morgan fingerprint density at radius 1 is 1.02 bits per heavy atom. The molecule has 290 valence electrons. The second kappa shape index (κ2) is 15.2. The van der Waals surface area contributed by atoms with Crippen LogP contribution in [-0.4, -0.2) is 81.9 Å². The predicted octanol–water partition coefficient (Wildman–Crippen LogP) is 5.15. The Balaban J connectivity index is 1.26. The molecule has 0 unspecified atom stereocenters. The summed E-state index contributed by atoms with van der Waals surface area (Å²) in [6.45, 7) is 11.6. The molecule has 12 nitrogen and oxygen atoms in total. The molecule has 1 saturated heterocycles. The van der Waals surface area contributed by atoms with Gasteiger partial charge in [0, 0.05) is 47.9 Å². The van der Waals surface area contributed by atoms with E-state index in [1.807, 2.05) is 47.6 Å². The number of fused-ring (bicyclic) bond motifs is 1. The lowest BCUT2D eigenvalue weighted by atomic mass is 9.84. The van der Waals surface area contributed by atoms with Crippen LogP contribution in [0.4, 0.5) is 0 Å². The van der Waals surface area contributed by atoms with Crippen molar-refractivity contribution < 1.29 is 33.5 Å². The summed E-state index contributed by atoms with van der Waals surface area (Å²) in [4.78, 5) is 76.3. The van der Waals surface area contributed by atoms with Crippen LogP contribution in [0.2, 0.25) is 5.02 Å². The number of oxime groups is 1. The minimum absolute atomic E-state index is 0.0132. The van der Waals surface area contributed by atoms with E-state index >= 15 is 0 Å². The molecule has 1 aromatic rings. The lowest BCUT2D eigenvalue weighted by molar-refractivity contribution is -0.145. The van der Waals surface area contributed by atoms with E-state index in [2.05, 4.69) is 21.1 Å². The van der Waals surface area contributed by atoms with Crippen molar-refractivity contribution in [1.82, 2.24) is 20.9 Å². The number of carbonyl (C=O) groups is 5. The predicted molar refractivity (Wildman–Crippen MR) is 201 cm³/mol. The van der Waals surface area contributed by atoms with Gasteiger partial charge in [-0.15, -0.1) is 0 Å². The van der Waals surface area contributed by atoms with Crippen molar-refractivity contribution in [3.63, 3.8) is 0 Å². The maximum Gasteiger partial charge on any atom is 0.289 e. The Bertz CT molecular complexity index is 1660. The highest BCUT2D eigenvalue weighted by atomic mass is 35.5. The summed E-state index contributed by atoms with van der Waals surface area (Å²) in [5.74, 6) is -1.61. The fourth-order valence-corrected chi connectivity index (χ4v) is 8.56. The van der Waals surface area contributed by atoms with Crippen molar-refractivity contribution in [1.29, 1.82) is 0 Å². The Morgan fingerprint density at radius 3 is 2.40 bits per heavy atom. The summed E-state index contributed by atoms with van der Waals surface area (Å²) in [6, 6.07) is 0.633. The van der Waals surface area contributed by atoms with Crippen LogP contribution in [0.1, 0.15) is 130 Å². The van der Waals surface area contributed by atoms with Crippen molar-refractivity contribution in [3.8, 4) is 5.75 Å². The average Bonchev–Trinajstić information content (AvgIpc) is 3.54. The molecule has 4 amide bonds. The van der Waals surface area contributed by atoms with Gasteiger partial charge in [0.1, 0.15) is 23.4 Å². The molecule has 1 aromatic carbocycles. The molecule has 3 fully saturated rings. The van der Waals surface area contributed by atoms with E-state index in [4.69, 9.17) is 21.2 Å². The first kappa shape index (κ1) is 39.0. The maximum absolute atomic E-state index is 14.7. The molecule has 0 radical (unpaired) electrons. The van der Waals surface area contributed by atoms with Gasteiger partial charge in [-0.25, -0.2) is 0 Å². The van der Waals surface area contributed by atoms with Crippen molar-refractivity contribution in [2.75, 3.05) is 6.54 Å². The van der Waals surface area contributed by atoms with Gasteiger partial charge in [0.2, 0.25) is 23.5 Å². The van der Waals surface area contributed by atoms with Crippen LogP contribution in [0.25, 0.3) is 0 Å². The zero-order valence-corrected chi connectivity index (χ0v) is 32.8. The van der Waals surface area contributed by atoms with Gasteiger partial charge in [-0.05, 0) is 69.4 Å². The van der Waals surface area contributed by atoms with Gasteiger partial charge in [0.05, 0.1) is 18.3 Å². The third-order valence-corrected chi connectivity index (χ3v) is 11.4. The van der Waals surface area contributed by atoms with E-state index in [9.17, 15) is 24.0 Å². The second-order valence-electron chi connectivity index (χ2n) is 17.7. The summed E-state index contributed by atoms with van der Waals surface area (Å²) in [5.41, 5.74) is 0.0817. The molecule has 0 bridgehead atoms. The molecule has 53 heavy (non-hydrogen) atoms. The maximum atomic E-state index is 14.7. The Morgan fingerprint density at radius 2 is 1.74 bits per heavy atom. The summed E-state index contributed by atoms with van der Waals surface area (Å²) < 4.78 is 6.33. The molecule has 3 heterocycles. The lowest BCUT2D eigenvalue weighted by Crippen LogP contribution is -2.59. The SMILES string of the molecule is CCC[C@H](NC(=O)[C@@H]1C[C@]2(CC(c3cc(Cl)cc4c3OC(C)(C)C4)=NO2)CN1C(=O)[C@@H](NC(=O)CC1CCCCC1)C(C)(C)C)C(=O)C(=O)NC1CC1. The van der Waals surface area contributed by atoms with Gasteiger partial charge >= 0.3 is 0 Å². The van der Waals surface area contributed by atoms with E-state index in [1.165, 1.54) is 11.3 Å². The molecule has 3 N–H and O–H groups in total. The number of likely N-dealkylation sites (tertiary alicyclic amines) is 1. The third kappa shape index (κ3) is 9.01. The van der Waals surface area contributed by atoms with E-state index < -0.39 is 58.2 Å². The van der Waals surface area contributed by atoms with E-state index in [0.717, 1.165) is 44.1 Å². The number of rotatable bonds is 12. The summed E-state index contributed by atoms with van der Waals surface area (Å²) in [5, 5.41) is 13.7. The van der Waals surface area contributed by atoms with E-state index in [0.29, 0.717) is 41.3 Å². The fraction of sp³-hybridized carbons (Fsp3) is 0.700. The van der Waals surface area contributed by atoms with Crippen LogP contribution in [0, 0.1) is 11.3 Å². The van der Waals surface area contributed by atoms with Crippen molar-refractivity contribution in [3.05, 3.63) is 28.3 Å². The first-order valence-electron chi connectivity index (χ1n) is 19.5. The number of hydrogen-bond donors (Lipinski definition) is 3. The van der Waals surface area contributed by atoms with Gasteiger partial charge in [-0.1, -0.05) is 70.1 Å². The number of ketones is 1. The molecular formula is C40H56ClN5O7. The monoisotopic (exact) mass is 753 g/mol. The molecule has 6 rings (SSSR count). The number of nitrogens with zero attached hydrogens (tertiary/aromatic N) is 2. The number of amides is 4. The fourth-order valence-electron chi connectivity index (χ4n) is 8.32. The highest BCUT2D eigenvalue weighted by Gasteiger charge is 2.56. The van der Waals surface area contributed by atoms with Gasteiger partial charge in [-0.2, -0.15) is 0 Å². The van der Waals surface area contributed by atoms with Crippen LogP contribution in [0.15, 0.2) is 17.3 Å². The first-order chi connectivity index (χ1) is 25.0. The smallest absolute Gasteiger partial charge is 0.289 e. The van der Waals surface area contributed by atoms with Gasteiger partial charge in [0.15, 0.2) is 5.60 Å². The van der Waals surface area contributed by atoms with E-state index in [1.54, 1.807) is 6.07 Å². The van der Waals surface area contributed by atoms with Crippen LogP contribution in [0.5, 0.6) is 5.75 Å². The number of carbonyl (C=O) groups excluding carboxylic acids is 5. The molecule has 2 aliphatic carbocycles. The summed E-state index contributed by atoms with van der Waals surface area (Å²) >= 11 is 6.57. The zero-order valence-electron chi connectivity index (χ0n) is 32.1. The number of Topliss-reactive ketones (excluding diaryl/α,β-unsaturated/α-hetero) is 1. The quantitative estimate of drug-likeness (QED) is 0.250. The van der Waals surface area contributed by atoms with Crippen LogP contribution >= 0.6 is 11.6 Å². The molecule has 2 saturated carbocycles. The topological polar surface area (TPSA) is 156 Å². The van der Waals surface area contributed by atoms with Crippen LogP contribution in [0.3, 0.4) is 0 Å². The Kier molecular flexibility index (Phi) is 11.2. The second-order valence-corrected chi connectivity index (χ2v) is 18.1. The van der Waals surface area contributed by atoms with Gasteiger partial charge in [-0.3, -0.25) is 24.0 Å². The molecule has 0 aromatic heterocycles. The molecule has 3 aliphatic heterocycles. The summed E-state index contributed by atoms with van der Waals surface area (Å²) in [6.07, 6.45) is 9.19. The normalized spacial score (nSPS) is 24.8. The number of nitrogens with one attached hydrogen (secondary N) is 3. The number of halogens is 1. The van der Waals surface area contributed by atoms with Crippen molar-refractivity contribution >= 4 is 46.7 Å². The van der Waals surface area contributed by atoms with Crippen LogP contribution in [-0.2, 0) is 35.2 Å². The van der Waals surface area contributed by atoms with Crippen molar-refractivity contribution in [2.45, 2.75) is 160 Å². The summed E-state index contributed by atoms with van der Waals surface area (Å²) in [7, 11) is 0. The zero-order chi connectivity index (χ0) is 38.3. The number of benzene rings is 1. The Labute approximate surface area is 317 Å². The Hall–Kier alpha value is -3.67. The minimum Gasteiger partial charge on any atom is -0.487 e. The third-order valence-electron chi connectivity index (χ3n) is 11.2. The number of hydrogen-bond acceptors (Lipinski definition) is 8. The molecule has 1 spiro atoms. The number of ether oxygens (including phenoxy) is 1. The van der Waals surface area contributed by atoms with Gasteiger partial charge < -0.3 is 30.4 Å². The minimum atomic E-state index is -1.07. The van der Waals surface area contributed by atoms with Crippen LogP contribution < -0.4 is 20.7 Å². The first-order valence-corrected chi connectivity index (χ1v) is 19.9. The molecule has 5 aliphatic rings. The molecular weight excluding hydrogens is 698 g/mol. The largest absolute Gasteiger partial charge is 0.487 e.